The molecule has 8 atom stereocenters. The van der Waals surface area contributed by atoms with Crippen molar-refractivity contribution in [2.45, 2.75) is 77.1 Å². The van der Waals surface area contributed by atoms with E-state index >= 15 is 0 Å². The Bertz CT molecular complexity index is 1920. The molecular weight excluding hydrogens is 863 g/mol. The van der Waals surface area contributed by atoms with Crippen molar-refractivity contribution in [2.75, 3.05) is 37.8 Å². The molecule has 3 unspecified atom stereocenters. The first-order chi connectivity index (χ1) is 26.8. The summed E-state index contributed by atoms with van der Waals surface area (Å²) in [5, 5.41) is 36.5. The van der Waals surface area contributed by atoms with Crippen molar-refractivity contribution in [3.8, 4) is 0 Å². The summed E-state index contributed by atoms with van der Waals surface area (Å²) in [5.41, 5.74) is 4.01. The number of hydrogen-bond donors (Lipinski definition) is 5. The number of ether oxygens (including phenoxy) is 1. The summed E-state index contributed by atoms with van der Waals surface area (Å²) in [6.45, 7) is 1.57. The first-order valence-corrected chi connectivity index (χ1v) is 22.3. The van der Waals surface area contributed by atoms with Gasteiger partial charge in [-0.2, -0.15) is 0 Å². The Hall–Kier alpha value is -2.97. The van der Waals surface area contributed by atoms with Gasteiger partial charge in [-0.15, -0.1) is 0 Å². The monoisotopic (exact) mass is 904 g/mol. The lowest BCUT2D eigenvalue weighted by Gasteiger charge is -2.36. The van der Waals surface area contributed by atoms with E-state index in [-0.39, 0.29) is 66.1 Å². The molecule has 1 fully saturated rings. The number of nitrogen functional groups attached to an aromatic ring is 1. The number of nitrogens with zero attached hydrogens (tertiary/aromatic N) is 4. The maximum absolute atomic E-state index is 12.5. The molecule has 1 aliphatic heterocycles. The molecular formula is C28H41N7O19P3S-5. The van der Waals surface area contributed by atoms with E-state index in [2.05, 4.69) is 43.5 Å². The Morgan fingerprint density at radius 1 is 1.05 bits per heavy atom. The summed E-state index contributed by atoms with van der Waals surface area (Å²) in [7, 11) is -17.6. The minimum atomic E-state index is -5.93. The van der Waals surface area contributed by atoms with Gasteiger partial charge in [-0.3, -0.25) is 28.1 Å². The van der Waals surface area contributed by atoms with Crippen LogP contribution in [-0.4, -0.2) is 109 Å². The normalized spacial score (nSPS) is 21.8. The lowest BCUT2D eigenvalue weighted by atomic mass is 9.87. The molecule has 0 aliphatic carbocycles. The predicted molar refractivity (Wildman–Crippen MR) is 186 cm³/mol. The van der Waals surface area contributed by atoms with Crippen LogP contribution in [0.25, 0.3) is 11.2 Å². The summed E-state index contributed by atoms with van der Waals surface area (Å²) < 4.78 is 60.4. The molecule has 0 spiro atoms. The van der Waals surface area contributed by atoms with Gasteiger partial charge in [0.15, 0.2) is 22.8 Å². The number of phosphoric acid groups is 3. The van der Waals surface area contributed by atoms with E-state index in [1.165, 1.54) is 13.8 Å². The van der Waals surface area contributed by atoms with Crippen LogP contribution in [-0.2, 0) is 55.5 Å². The fourth-order valence-electron chi connectivity index (χ4n) is 5.10. The number of nitrogens with two attached hydrogens (primary N) is 1. The molecule has 0 aromatic carbocycles. The second kappa shape index (κ2) is 21.0. The second-order valence-corrected chi connectivity index (χ2v) is 18.6. The summed E-state index contributed by atoms with van der Waals surface area (Å²) in [6.07, 6.45) is -7.37. The minimum absolute atomic E-state index is 0.0314. The summed E-state index contributed by atoms with van der Waals surface area (Å²) in [6, 6.07) is 0. The van der Waals surface area contributed by atoms with Crippen LogP contribution in [0.5, 0.6) is 0 Å². The molecule has 30 heteroatoms. The van der Waals surface area contributed by atoms with Crippen LogP contribution in [0, 0.1) is 11.3 Å². The summed E-state index contributed by atoms with van der Waals surface area (Å²) in [4.78, 5) is 107. The molecule has 2 amide bonds. The molecule has 3 rings (SSSR count). The number of hydrogen-bond acceptors (Lipinski definition) is 24. The smallest absolute Gasteiger partial charge is 0.274 e. The molecule has 2 aromatic heterocycles. The highest BCUT2D eigenvalue weighted by molar-refractivity contribution is 8.13. The predicted octanol–water partition coefficient (Wildman–Crippen LogP) is -4.31. The van der Waals surface area contributed by atoms with Gasteiger partial charge in [-0.05, 0) is 18.8 Å². The molecule has 26 nitrogen and oxygen atoms in total. The minimum Gasteiger partial charge on any atom is -0.790 e. The number of aliphatic carboxylic acids is 1. The van der Waals surface area contributed by atoms with Gasteiger partial charge >= 0.3 is 0 Å². The van der Waals surface area contributed by atoms with E-state index in [0.717, 1.165) is 29.0 Å². The zero-order valence-corrected chi connectivity index (χ0v) is 34.4. The van der Waals surface area contributed by atoms with Crippen molar-refractivity contribution < 1.29 is 90.4 Å². The van der Waals surface area contributed by atoms with Crippen LogP contribution in [0.15, 0.2) is 12.7 Å². The Morgan fingerprint density at radius 2 is 1.72 bits per heavy atom. The molecule has 6 N–H and O–H groups in total. The molecule has 0 bridgehead atoms. The first kappa shape index (κ1) is 49.4. The van der Waals surface area contributed by atoms with Crippen LogP contribution in [0.1, 0.15) is 52.7 Å². The highest BCUT2D eigenvalue weighted by Crippen LogP contribution is 2.56. The van der Waals surface area contributed by atoms with Gasteiger partial charge in [-0.25, -0.2) is 19.3 Å². The maximum atomic E-state index is 12.5. The highest BCUT2D eigenvalue weighted by atomic mass is 32.2. The lowest BCUT2D eigenvalue weighted by Crippen LogP contribution is -2.46. The van der Waals surface area contributed by atoms with E-state index in [1.54, 1.807) is 6.92 Å². The maximum Gasteiger partial charge on any atom is 0.274 e. The number of imidazole rings is 1. The standard InChI is InChI=1S/C28H46N7O19P3S/c1-15(10-18(37)38)4-5-19(39)58-9-8-30-17(36)6-7-31-26(42)23(41)28(2,3)12-51-57(48,49)54-56(46,47)50-11-16-22(53-55(43,44)45)21(40)27(52-16)35-14-34-20-24(29)32-13-33-25(20)35/h13-16,21-23,27,40-41H,4-12H2,1-3H3,(H,30,36)(H,31,42)(H,37,38)(H,46,47)(H,48,49)(H2,29,32,33)(H2,43,44,45)/p-5/t15?,16-,21+,22-,23+,27+/m1/s1. The quantitative estimate of drug-likeness (QED) is 0.0491. The number of phosphoric ester groups is 3. The van der Waals surface area contributed by atoms with Crippen molar-refractivity contribution >= 4 is 75.1 Å². The molecule has 3 heterocycles. The average Bonchev–Trinajstić information content (AvgIpc) is 3.66. The molecule has 58 heavy (non-hydrogen) atoms. The molecule has 2 aromatic rings. The number of aliphatic hydroxyl groups excluding tert-OH is 2. The Balaban J connectivity index is 1.45. The van der Waals surface area contributed by atoms with Crippen molar-refractivity contribution in [3.05, 3.63) is 12.7 Å². The molecule has 328 valence electrons. The number of thioether (sulfide) groups is 1. The number of anilines is 1. The van der Waals surface area contributed by atoms with Crippen molar-refractivity contribution in [1.29, 1.82) is 0 Å². The van der Waals surface area contributed by atoms with Crippen LogP contribution in [0.3, 0.4) is 0 Å². The number of carboxylic acid groups (broad SMARTS) is 1. The Kier molecular flexibility index (Phi) is 17.9. The van der Waals surface area contributed by atoms with Gasteiger partial charge in [0.1, 0.15) is 36.3 Å². The largest absolute Gasteiger partial charge is 0.790 e. The van der Waals surface area contributed by atoms with Crippen molar-refractivity contribution in [1.82, 2.24) is 30.2 Å². The number of aromatic nitrogens is 4. The number of amides is 2. The van der Waals surface area contributed by atoms with Crippen LogP contribution in [0.4, 0.5) is 5.82 Å². The third-order valence-corrected chi connectivity index (χ3v) is 12.0. The topological polar surface area (TPSA) is 415 Å². The second-order valence-electron chi connectivity index (χ2n) is 13.4. The van der Waals surface area contributed by atoms with E-state index < -0.39 is 90.5 Å². The third-order valence-electron chi connectivity index (χ3n) is 8.10. The third kappa shape index (κ3) is 15.6. The Labute approximate surface area is 334 Å². The number of carbonyl (C=O) groups is 4. The zero-order valence-electron chi connectivity index (χ0n) is 30.9. The van der Waals surface area contributed by atoms with Crippen LogP contribution >= 0.6 is 35.2 Å². The fraction of sp³-hybridized carbons (Fsp3) is 0.679. The Morgan fingerprint density at radius 3 is 2.38 bits per heavy atom. The number of nitrogens with one attached hydrogen (secondary N) is 2. The van der Waals surface area contributed by atoms with Crippen molar-refractivity contribution in [3.63, 3.8) is 0 Å². The molecule has 1 aliphatic rings. The molecule has 1 saturated heterocycles. The van der Waals surface area contributed by atoms with E-state index in [1.807, 2.05) is 0 Å². The van der Waals surface area contributed by atoms with E-state index in [0.29, 0.717) is 6.42 Å². The van der Waals surface area contributed by atoms with Gasteiger partial charge in [0.2, 0.25) is 11.8 Å². The lowest BCUT2D eigenvalue weighted by molar-refractivity contribution is -0.347. The summed E-state index contributed by atoms with van der Waals surface area (Å²) >= 11 is 0.956. The SMILES string of the molecule is CC(CCC(=O)SCCNC(=O)CCNC(=O)[C@H](O)C(C)(C)COP(=O)([O-])OP(=O)([O-])OC[C@H]1O[C@H](n2cnc3c(N)ncnc32)[C@@H](O)[C@@H]1OP(=O)([O-])[O-])CC(=O)[O-]. The van der Waals surface area contributed by atoms with E-state index in [4.69, 9.17) is 10.5 Å². The number of carbonyl (C=O) groups excluding carboxylic acids is 4. The van der Waals surface area contributed by atoms with Gasteiger partial charge in [0, 0.05) is 43.1 Å². The highest BCUT2D eigenvalue weighted by Gasteiger charge is 2.47. The molecule has 0 saturated carbocycles. The number of aliphatic hydroxyl groups is 2. The fourth-order valence-corrected chi connectivity index (χ4v) is 8.53. The zero-order chi connectivity index (χ0) is 43.6. The van der Waals surface area contributed by atoms with Crippen LogP contribution in [0.2, 0.25) is 0 Å². The summed E-state index contributed by atoms with van der Waals surface area (Å²) in [5.74, 6) is -2.84. The van der Waals surface area contributed by atoms with Gasteiger partial charge in [0.25, 0.3) is 15.6 Å². The van der Waals surface area contributed by atoms with Gasteiger partial charge < -0.3 is 78.9 Å². The first-order valence-electron chi connectivity index (χ1n) is 17.0. The van der Waals surface area contributed by atoms with Gasteiger partial charge in [0.05, 0.1) is 27.4 Å². The number of carboxylic acids is 1. The van der Waals surface area contributed by atoms with Crippen LogP contribution < -0.4 is 41.0 Å². The van der Waals surface area contributed by atoms with Gasteiger partial charge in [-0.1, -0.05) is 32.5 Å². The average molecular weight is 905 g/mol. The molecule has 0 radical (unpaired) electrons. The van der Waals surface area contributed by atoms with E-state index in [9.17, 15) is 67.8 Å². The van der Waals surface area contributed by atoms with Crippen molar-refractivity contribution in [2.24, 2.45) is 11.3 Å². The number of rotatable bonds is 24. The number of fused-ring (bicyclic) bond motifs is 1.